The predicted octanol–water partition coefficient (Wildman–Crippen LogP) is 2.59. The van der Waals surface area contributed by atoms with E-state index in [2.05, 4.69) is 0 Å². The van der Waals surface area contributed by atoms with Gasteiger partial charge in [-0.2, -0.15) is 0 Å². The van der Waals surface area contributed by atoms with Gasteiger partial charge in [0.1, 0.15) is 5.78 Å². The lowest BCUT2D eigenvalue weighted by atomic mass is 9.83. The fourth-order valence-electron chi connectivity index (χ4n) is 0.750. The molecular formula is C6H11BF3O-. The molecule has 0 fully saturated rings. The summed E-state index contributed by atoms with van der Waals surface area (Å²) in [5, 5.41) is 0. The summed E-state index contributed by atoms with van der Waals surface area (Å²) in [6.07, 6.45) is -0.000880. The Kier molecular flexibility index (Phi) is 4.22. The van der Waals surface area contributed by atoms with Gasteiger partial charge in [0, 0.05) is 6.42 Å². The molecule has 11 heavy (non-hydrogen) atoms. The summed E-state index contributed by atoms with van der Waals surface area (Å²) in [4.78, 5) is 10.3. The van der Waals surface area contributed by atoms with Crippen molar-refractivity contribution in [3.05, 3.63) is 0 Å². The van der Waals surface area contributed by atoms with Crippen LogP contribution in [0.3, 0.4) is 0 Å². The van der Waals surface area contributed by atoms with E-state index in [-0.39, 0.29) is 18.6 Å². The van der Waals surface area contributed by atoms with Gasteiger partial charge in [-0.1, -0.05) is 12.7 Å². The molecule has 0 heterocycles. The zero-order valence-electron chi connectivity index (χ0n) is 6.45. The van der Waals surface area contributed by atoms with Crippen LogP contribution >= 0.6 is 0 Å². The van der Waals surface area contributed by atoms with Crippen molar-refractivity contribution in [2.24, 2.45) is 0 Å². The van der Waals surface area contributed by atoms with E-state index in [9.17, 15) is 17.7 Å². The third-order valence-electron chi connectivity index (χ3n) is 1.31. The van der Waals surface area contributed by atoms with E-state index in [1.807, 2.05) is 0 Å². The Labute approximate surface area is 64.0 Å². The number of halogens is 3. The zero-order valence-corrected chi connectivity index (χ0v) is 6.45. The Morgan fingerprint density at radius 3 is 2.18 bits per heavy atom. The largest absolute Gasteiger partial charge is 0.478 e. The summed E-state index contributed by atoms with van der Waals surface area (Å²) in [7, 11) is 0. The molecule has 0 aliphatic carbocycles. The maximum Gasteiger partial charge on any atom is 0.478 e. The Hall–Kier alpha value is -0.475. The second kappa shape index (κ2) is 4.41. The van der Waals surface area contributed by atoms with Gasteiger partial charge in [0.2, 0.25) is 0 Å². The van der Waals surface area contributed by atoms with Gasteiger partial charge in [0.15, 0.2) is 0 Å². The molecule has 0 N–H and O–H groups in total. The smallest absolute Gasteiger partial charge is 0.449 e. The van der Waals surface area contributed by atoms with Gasteiger partial charge >= 0.3 is 6.98 Å². The normalized spacial score (nSPS) is 11.6. The highest BCUT2D eigenvalue weighted by Gasteiger charge is 2.21. The molecule has 0 spiro atoms. The van der Waals surface area contributed by atoms with Gasteiger partial charge in [0.05, 0.1) is 0 Å². The van der Waals surface area contributed by atoms with E-state index in [1.165, 1.54) is 6.92 Å². The first-order valence-electron chi connectivity index (χ1n) is 3.62. The number of hydrogen-bond donors (Lipinski definition) is 0. The minimum atomic E-state index is -4.64. The van der Waals surface area contributed by atoms with Gasteiger partial charge in [-0.15, -0.1) is 0 Å². The van der Waals surface area contributed by atoms with Gasteiger partial charge in [0.25, 0.3) is 0 Å². The van der Waals surface area contributed by atoms with Crippen molar-refractivity contribution in [2.75, 3.05) is 0 Å². The van der Waals surface area contributed by atoms with E-state index in [1.54, 1.807) is 0 Å². The van der Waals surface area contributed by atoms with Gasteiger partial charge < -0.3 is 17.7 Å². The third-order valence-corrected chi connectivity index (χ3v) is 1.31. The molecule has 0 aliphatic heterocycles. The van der Waals surface area contributed by atoms with Crippen LogP contribution in [0.4, 0.5) is 12.9 Å². The van der Waals surface area contributed by atoms with Crippen LogP contribution in [0, 0.1) is 0 Å². The molecule has 0 rings (SSSR count). The number of unbranched alkanes of at least 4 members (excludes halogenated alkanes) is 1. The van der Waals surface area contributed by atoms with Gasteiger partial charge in [-0.3, -0.25) is 0 Å². The number of ketones is 1. The molecule has 0 radical (unpaired) electrons. The molecule has 0 aromatic carbocycles. The van der Waals surface area contributed by atoms with Gasteiger partial charge in [-0.25, -0.2) is 0 Å². The quantitative estimate of drug-likeness (QED) is 0.454. The minimum Gasteiger partial charge on any atom is -0.449 e. The van der Waals surface area contributed by atoms with Crippen LogP contribution in [-0.2, 0) is 4.79 Å². The van der Waals surface area contributed by atoms with Crippen molar-refractivity contribution in [3.8, 4) is 0 Å². The lowest BCUT2D eigenvalue weighted by molar-refractivity contribution is -0.117. The fraction of sp³-hybridized carbons (Fsp3) is 0.833. The average molecular weight is 167 g/mol. The maximum atomic E-state index is 11.6. The lowest BCUT2D eigenvalue weighted by Crippen LogP contribution is -2.13. The van der Waals surface area contributed by atoms with E-state index in [0.717, 1.165) is 0 Å². The molecule has 0 unspecified atom stereocenters. The van der Waals surface area contributed by atoms with Crippen LogP contribution in [-0.4, -0.2) is 12.8 Å². The van der Waals surface area contributed by atoms with Crippen molar-refractivity contribution >= 4 is 12.8 Å². The van der Waals surface area contributed by atoms with E-state index in [4.69, 9.17) is 0 Å². The molecule has 66 valence electrons. The first-order chi connectivity index (χ1) is 4.92. The summed E-state index contributed by atoms with van der Waals surface area (Å²) in [5.74, 6) is -0.0420. The van der Waals surface area contributed by atoms with Crippen LogP contribution in [0.2, 0.25) is 6.32 Å². The molecule has 1 nitrogen and oxygen atoms in total. The lowest BCUT2D eigenvalue weighted by Gasteiger charge is -2.11. The van der Waals surface area contributed by atoms with Crippen LogP contribution in [0.25, 0.3) is 0 Å². The van der Waals surface area contributed by atoms with E-state index < -0.39 is 13.3 Å². The summed E-state index contributed by atoms with van der Waals surface area (Å²) in [5.41, 5.74) is 0. The van der Waals surface area contributed by atoms with E-state index in [0.29, 0.717) is 6.42 Å². The highest BCUT2D eigenvalue weighted by atomic mass is 19.4. The number of hydrogen-bond acceptors (Lipinski definition) is 1. The van der Waals surface area contributed by atoms with E-state index >= 15 is 0 Å². The first kappa shape index (κ1) is 10.5. The fourth-order valence-corrected chi connectivity index (χ4v) is 0.750. The molecule has 0 bridgehead atoms. The summed E-state index contributed by atoms with van der Waals surface area (Å²) in [6.45, 7) is -3.26. The van der Waals surface area contributed by atoms with Crippen molar-refractivity contribution in [1.82, 2.24) is 0 Å². The molecule has 0 amide bonds. The second-order valence-electron chi connectivity index (χ2n) is 2.66. The number of carbonyl (C=O) groups excluding carboxylic acids is 1. The number of rotatable bonds is 5. The van der Waals surface area contributed by atoms with Crippen LogP contribution in [0.15, 0.2) is 0 Å². The molecular weight excluding hydrogens is 156 g/mol. The van der Waals surface area contributed by atoms with Crippen molar-refractivity contribution in [1.29, 1.82) is 0 Å². The van der Waals surface area contributed by atoms with Crippen LogP contribution in [0.1, 0.15) is 26.2 Å². The Morgan fingerprint density at radius 2 is 1.82 bits per heavy atom. The zero-order chi connectivity index (χ0) is 8.91. The van der Waals surface area contributed by atoms with Crippen LogP contribution in [0.5, 0.6) is 0 Å². The minimum absolute atomic E-state index is 0.0420. The summed E-state index contributed by atoms with van der Waals surface area (Å²) < 4.78 is 34.7. The Bertz CT molecular complexity index is 132. The van der Waals surface area contributed by atoms with Crippen molar-refractivity contribution in [2.45, 2.75) is 32.5 Å². The molecule has 0 aliphatic rings. The number of carbonyl (C=O) groups is 1. The molecule has 0 aromatic rings. The predicted molar refractivity (Wildman–Crippen MR) is 38.4 cm³/mol. The van der Waals surface area contributed by atoms with Crippen molar-refractivity contribution < 1.29 is 17.7 Å². The standard InChI is InChI=1S/C6H11BF3O/c1-6(11)4-2-3-5-7(8,9)10/h2-5H2,1H3/q-1. The molecule has 0 aromatic heterocycles. The van der Waals surface area contributed by atoms with Crippen LogP contribution < -0.4 is 0 Å². The Balaban J connectivity index is 3.22. The Morgan fingerprint density at radius 1 is 1.27 bits per heavy atom. The first-order valence-corrected chi connectivity index (χ1v) is 3.62. The van der Waals surface area contributed by atoms with Gasteiger partial charge in [-0.05, 0) is 13.3 Å². The summed E-state index contributed by atoms with van der Waals surface area (Å²) >= 11 is 0. The molecule has 0 atom stereocenters. The third kappa shape index (κ3) is 9.52. The maximum absolute atomic E-state index is 11.6. The second-order valence-corrected chi connectivity index (χ2v) is 2.66. The molecule has 0 saturated heterocycles. The summed E-state index contributed by atoms with van der Waals surface area (Å²) in [6, 6.07) is 0. The molecule has 5 heteroatoms. The highest BCUT2D eigenvalue weighted by molar-refractivity contribution is 6.58. The topological polar surface area (TPSA) is 17.1 Å². The molecule has 0 saturated carbocycles. The monoisotopic (exact) mass is 167 g/mol. The average Bonchev–Trinajstić information content (AvgIpc) is 1.78. The highest BCUT2D eigenvalue weighted by Crippen LogP contribution is 2.18. The van der Waals surface area contributed by atoms with Crippen molar-refractivity contribution in [3.63, 3.8) is 0 Å². The SMILES string of the molecule is CC(=O)CCCC[B-](F)(F)F. The number of Topliss-reactive ketones (excluding diaryl/α,β-unsaturated/α-hetero) is 1.